The highest BCUT2D eigenvalue weighted by Gasteiger charge is 2.31. The molecule has 2 atom stereocenters. The number of nitrogens with one attached hydrogen (secondary N) is 1. The van der Waals surface area contributed by atoms with Gasteiger partial charge in [0.05, 0.1) is 29.6 Å². The smallest absolute Gasteiger partial charge is 0.122 e. The van der Waals surface area contributed by atoms with Crippen LogP contribution in [0.3, 0.4) is 0 Å². The quantitative estimate of drug-likeness (QED) is 0.669. The second-order valence-corrected chi connectivity index (χ2v) is 5.44. The van der Waals surface area contributed by atoms with Crippen molar-refractivity contribution in [3.05, 3.63) is 46.7 Å². The predicted molar refractivity (Wildman–Crippen MR) is 77.4 cm³/mol. The van der Waals surface area contributed by atoms with E-state index in [0.29, 0.717) is 11.6 Å². The number of fused-ring (bicyclic) bond motifs is 1. The van der Waals surface area contributed by atoms with E-state index in [1.165, 1.54) is 5.56 Å². The van der Waals surface area contributed by atoms with Gasteiger partial charge < -0.3 is 4.74 Å². The van der Waals surface area contributed by atoms with Crippen LogP contribution in [0.4, 0.5) is 0 Å². The minimum atomic E-state index is -0.0941. The van der Waals surface area contributed by atoms with E-state index in [9.17, 15) is 0 Å². The molecule has 20 heavy (non-hydrogen) atoms. The molecular weight excluding hydrogens is 276 g/mol. The lowest BCUT2D eigenvalue weighted by Crippen LogP contribution is -2.39. The molecule has 1 aromatic carbocycles. The van der Waals surface area contributed by atoms with Crippen LogP contribution in [0.1, 0.15) is 17.3 Å². The molecule has 0 saturated heterocycles. The van der Waals surface area contributed by atoms with Gasteiger partial charge in [0.2, 0.25) is 0 Å². The molecular formula is C14H17ClN4O. The summed E-state index contributed by atoms with van der Waals surface area (Å²) in [6, 6.07) is 7.98. The normalized spacial score (nSPS) is 19.2. The van der Waals surface area contributed by atoms with Crippen molar-refractivity contribution in [1.29, 1.82) is 0 Å². The fraction of sp³-hybridized carbons (Fsp3) is 0.357. The SMILES string of the molecule is Cn1ncc(Cl)c1C(NN)C1COc2ccccc2C1. The average molecular weight is 293 g/mol. The van der Waals surface area contributed by atoms with Crippen molar-refractivity contribution >= 4 is 11.6 Å². The summed E-state index contributed by atoms with van der Waals surface area (Å²) in [6.07, 6.45) is 2.53. The standard InChI is InChI=1S/C14H17ClN4O/c1-19-14(11(15)7-17-19)13(18-16)10-6-9-4-2-3-5-12(9)20-8-10/h2-5,7,10,13,18H,6,8,16H2,1H3. The van der Waals surface area contributed by atoms with Crippen LogP contribution in [0.25, 0.3) is 0 Å². The molecule has 0 saturated carbocycles. The molecule has 3 N–H and O–H groups in total. The Labute approximate surface area is 122 Å². The Morgan fingerprint density at radius 2 is 2.30 bits per heavy atom. The summed E-state index contributed by atoms with van der Waals surface area (Å²) in [5.41, 5.74) is 4.95. The van der Waals surface area contributed by atoms with Crippen LogP contribution in [-0.2, 0) is 13.5 Å². The summed E-state index contributed by atoms with van der Waals surface area (Å²) in [5.74, 6) is 6.91. The van der Waals surface area contributed by atoms with Gasteiger partial charge in [0.15, 0.2) is 0 Å². The van der Waals surface area contributed by atoms with Crippen LogP contribution in [-0.4, -0.2) is 16.4 Å². The number of para-hydroxylation sites is 1. The number of aryl methyl sites for hydroxylation is 1. The summed E-state index contributed by atoms with van der Waals surface area (Å²) in [6.45, 7) is 0.605. The van der Waals surface area contributed by atoms with Crippen LogP contribution >= 0.6 is 11.6 Å². The van der Waals surface area contributed by atoms with Gasteiger partial charge in [0.1, 0.15) is 5.75 Å². The van der Waals surface area contributed by atoms with Crippen molar-refractivity contribution in [1.82, 2.24) is 15.2 Å². The molecule has 0 bridgehead atoms. The monoisotopic (exact) mass is 292 g/mol. The fourth-order valence-electron chi connectivity index (χ4n) is 2.77. The number of hydrogen-bond acceptors (Lipinski definition) is 4. The lowest BCUT2D eigenvalue weighted by Gasteiger charge is -2.31. The van der Waals surface area contributed by atoms with Gasteiger partial charge in [-0.2, -0.15) is 5.10 Å². The maximum absolute atomic E-state index is 6.22. The molecule has 1 aliphatic heterocycles. The first-order valence-electron chi connectivity index (χ1n) is 6.55. The zero-order chi connectivity index (χ0) is 14.1. The minimum absolute atomic E-state index is 0.0941. The topological polar surface area (TPSA) is 65.1 Å². The second kappa shape index (κ2) is 5.44. The summed E-state index contributed by atoms with van der Waals surface area (Å²) in [4.78, 5) is 0. The summed E-state index contributed by atoms with van der Waals surface area (Å²) >= 11 is 6.22. The van der Waals surface area contributed by atoms with E-state index in [4.69, 9.17) is 22.2 Å². The number of halogens is 1. The van der Waals surface area contributed by atoms with E-state index < -0.39 is 0 Å². The highest BCUT2D eigenvalue weighted by Crippen LogP contribution is 2.35. The minimum Gasteiger partial charge on any atom is -0.493 e. The summed E-state index contributed by atoms with van der Waals surface area (Å²) < 4.78 is 7.59. The van der Waals surface area contributed by atoms with Crippen molar-refractivity contribution in [2.24, 2.45) is 18.8 Å². The maximum atomic E-state index is 6.22. The van der Waals surface area contributed by atoms with Crippen LogP contribution in [0.15, 0.2) is 30.5 Å². The van der Waals surface area contributed by atoms with Crippen LogP contribution < -0.4 is 16.0 Å². The lowest BCUT2D eigenvalue weighted by molar-refractivity contribution is 0.181. The van der Waals surface area contributed by atoms with Gasteiger partial charge in [-0.05, 0) is 18.1 Å². The Kier molecular flexibility index (Phi) is 3.65. The summed E-state index contributed by atoms with van der Waals surface area (Å²) in [5, 5.41) is 4.79. The van der Waals surface area contributed by atoms with E-state index in [2.05, 4.69) is 16.6 Å². The van der Waals surface area contributed by atoms with Gasteiger partial charge in [-0.15, -0.1) is 0 Å². The molecule has 0 aliphatic carbocycles. The van der Waals surface area contributed by atoms with E-state index in [1.807, 2.05) is 25.2 Å². The molecule has 0 amide bonds. The van der Waals surface area contributed by atoms with E-state index in [0.717, 1.165) is 17.9 Å². The van der Waals surface area contributed by atoms with Gasteiger partial charge in [-0.3, -0.25) is 16.0 Å². The molecule has 0 spiro atoms. The van der Waals surface area contributed by atoms with Crippen molar-refractivity contribution < 1.29 is 4.74 Å². The molecule has 3 rings (SSSR count). The maximum Gasteiger partial charge on any atom is 0.122 e. The van der Waals surface area contributed by atoms with Crippen molar-refractivity contribution in [3.8, 4) is 5.75 Å². The first-order chi connectivity index (χ1) is 9.70. The third kappa shape index (κ3) is 2.28. The zero-order valence-electron chi connectivity index (χ0n) is 11.2. The van der Waals surface area contributed by atoms with E-state index in [-0.39, 0.29) is 12.0 Å². The molecule has 2 unspecified atom stereocenters. The number of rotatable bonds is 3. The molecule has 5 nitrogen and oxygen atoms in total. The van der Waals surface area contributed by atoms with Gasteiger partial charge in [0, 0.05) is 13.0 Å². The highest BCUT2D eigenvalue weighted by atomic mass is 35.5. The molecule has 106 valence electrons. The van der Waals surface area contributed by atoms with Gasteiger partial charge >= 0.3 is 0 Å². The van der Waals surface area contributed by atoms with E-state index in [1.54, 1.807) is 10.9 Å². The average Bonchev–Trinajstić information content (AvgIpc) is 2.80. The van der Waals surface area contributed by atoms with Crippen LogP contribution in [0, 0.1) is 5.92 Å². The van der Waals surface area contributed by atoms with E-state index >= 15 is 0 Å². The molecule has 0 radical (unpaired) electrons. The Balaban J connectivity index is 1.89. The first-order valence-corrected chi connectivity index (χ1v) is 6.92. The number of benzene rings is 1. The predicted octanol–water partition coefficient (Wildman–Crippen LogP) is 1.83. The van der Waals surface area contributed by atoms with Crippen molar-refractivity contribution in [2.45, 2.75) is 12.5 Å². The summed E-state index contributed by atoms with van der Waals surface area (Å²) in [7, 11) is 1.86. The second-order valence-electron chi connectivity index (χ2n) is 5.03. The number of ether oxygens (including phenoxy) is 1. The van der Waals surface area contributed by atoms with Crippen LogP contribution in [0.2, 0.25) is 5.02 Å². The molecule has 1 aliphatic rings. The lowest BCUT2D eigenvalue weighted by atomic mass is 9.89. The van der Waals surface area contributed by atoms with Crippen molar-refractivity contribution in [2.75, 3.05) is 6.61 Å². The number of nitrogens with two attached hydrogens (primary N) is 1. The molecule has 0 fully saturated rings. The molecule has 2 aromatic rings. The Morgan fingerprint density at radius 3 is 3.00 bits per heavy atom. The van der Waals surface area contributed by atoms with Gasteiger partial charge in [-0.1, -0.05) is 29.8 Å². The zero-order valence-corrected chi connectivity index (χ0v) is 12.0. The van der Waals surface area contributed by atoms with Gasteiger partial charge in [0.25, 0.3) is 0 Å². The molecule has 6 heteroatoms. The number of hydrogen-bond donors (Lipinski definition) is 2. The Bertz CT molecular complexity index is 593. The first kappa shape index (κ1) is 13.4. The number of nitrogens with zero attached hydrogens (tertiary/aromatic N) is 2. The Hall–Kier alpha value is -1.56. The number of aromatic nitrogens is 2. The van der Waals surface area contributed by atoms with Gasteiger partial charge in [-0.25, -0.2) is 0 Å². The number of hydrazine groups is 1. The fourth-order valence-corrected chi connectivity index (χ4v) is 3.06. The third-order valence-corrected chi connectivity index (χ3v) is 4.08. The highest BCUT2D eigenvalue weighted by molar-refractivity contribution is 6.31. The Morgan fingerprint density at radius 1 is 1.50 bits per heavy atom. The third-order valence-electron chi connectivity index (χ3n) is 3.79. The largest absolute Gasteiger partial charge is 0.493 e. The van der Waals surface area contributed by atoms with Crippen LogP contribution in [0.5, 0.6) is 5.75 Å². The molecule has 1 aromatic heterocycles. The molecule has 2 heterocycles. The van der Waals surface area contributed by atoms with Crippen molar-refractivity contribution in [3.63, 3.8) is 0 Å².